The Morgan fingerprint density at radius 3 is 0.615 bits per heavy atom. The Balaban J connectivity index is 5.06. The normalized spacial score (nSPS) is 15.1. The van der Waals surface area contributed by atoms with E-state index >= 15 is 0 Å². The fourth-order valence-corrected chi connectivity index (χ4v) is 12.0. The molecule has 0 N–H and O–H groups in total. The van der Waals surface area contributed by atoms with Crippen molar-refractivity contribution in [2.24, 2.45) is 0 Å². The van der Waals surface area contributed by atoms with Crippen LogP contribution in [0.5, 0.6) is 0 Å². The predicted molar refractivity (Wildman–Crippen MR) is 68.9 cm³/mol. The third-order valence-corrected chi connectivity index (χ3v) is 12.0. The average molecular weight is 204 g/mol. The molecule has 0 saturated heterocycles. The Kier molecular flexibility index (Phi) is 4.94. The molecule has 0 fully saturated rings. The van der Waals surface area contributed by atoms with Gasteiger partial charge >= 0.3 is 85.3 Å². The SMILES string of the molecule is CC(C)[PH](C(C)C)(C(C)C)C(C)C. The van der Waals surface area contributed by atoms with E-state index in [9.17, 15) is 0 Å². The van der Waals surface area contributed by atoms with Crippen molar-refractivity contribution in [1.82, 2.24) is 0 Å². The summed E-state index contributed by atoms with van der Waals surface area (Å²) in [5.41, 5.74) is 3.64. The molecule has 0 nitrogen and oxygen atoms in total. The van der Waals surface area contributed by atoms with Crippen LogP contribution < -0.4 is 0 Å². The minimum absolute atomic E-state index is 0.910. The van der Waals surface area contributed by atoms with Gasteiger partial charge < -0.3 is 0 Å². The van der Waals surface area contributed by atoms with Gasteiger partial charge in [-0.1, -0.05) is 0 Å². The molecule has 13 heavy (non-hydrogen) atoms. The van der Waals surface area contributed by atoms with Gasteiger partial charge in [0.05, 0.1) is 0 Å². The second-order valence-electron chi connectivity index (χ2n) is 5.62. The summed E-state index contributed by atoms with van der Waals surface area (Å²) in [6, 6.07) is 0. The van der Waals surface area contributed by atoms with E-state index in [2.05, 4.69) is 55.4 Å². The van der Waals surface area contributed by atoms with E-state index in [4.69, 9.17) is 0 Å². The van der Waals surface area contributed by atoms with E-state index in [1.54, 1.807) is 0 Å². The average Bonchev–Trinajstić information content (AvgIpc) is 1.82. The minimum atomic E-state index is -1.10. The van der Waals surface area contributed by atoms with Crippen LogP contribution in [-0.4, -0.2) is 22.6 Å². The summed E-state index contributed by atoms with van der Waals surface area (Å²) in [6.07, 6.45) is 0. The standard InChI is InChI=1S/C12H29P/c1-9(2)13(10(3)4,11(5)6)12(7)8/h9-13H,1-8H3. The number of hydrogen-bond donors (Lipinski definition) is 0. The first-order valence-electron chi connectivity index (χ1n) is 5.77. The Bertz CT molecular complexity index is 108. The van der Waals surface area contributed by atoms with Crippen LogP contribution in [0.1, 0.15) is 55.4 Å². The topological polar surface area (TPSA) is 0 Å². The zero-order valence-electron chi connectivity index (χ0n) is 10.8. The van der Waals surface area contributed by atoms with Crippen molar-refractivity contribution in [2.45, 2.75) is 78.0 Å². The van der Waals surface area contributed by atoms with Crippen molar-refractivity contribution in [3.8, 4) is 0 Å². The first-order chi connectivity index (χ1) is 5.77. The molecule has 0 saturated carbocycles. The molecule has 0 aliphatic carbocycles. The van der Waals surface area contributed by atoms with Crippen molar-refractivity contribution in [1.29, 1.82) is 0 Å². The molecule has 0 atom stereocenters. The van der Waals surface area contributed by atoms with E-state index < -0.39 is 7.26 Å². The van der Waals surface area contributed by atoms with Crippen LogP contribution in [0.4, 0.5) is 0 Å². The molecule has 0 aromatic heterocycles. The molecule has 0 aromatic carbocycles. The van der Waals surface area contributed by atoms with Crippen LogP contribution in [0.2, 0.25) is 0 Å². The molecule has 0 aliphatic rings. The van der Waals surface area contributed by atoms with Crippen LogP contribution >= 0.6 is 7.26 Å². The van der Waals surface area contributed by atoms with E-state index in [-0.39, 0.29) is 0 Å². The summed E-state index contributed by atoms with van der Waals surface area (Å²) in [7, 11) is -1.10. The van der Waals surface area contributed by atoms with Crippen molar-refractivity contribution in [3.63, 3.8) is 0 Å². The Hall–Kier alpha value is 0.430. The molecule has 0 spiro atoms. The zero-order chi connectivity index (χ0) is 10.8. The molecule has 0 bridgehead atoms. The molecule has 0 heterocycles. The van der Waals surface area contributed by atoms with Crippen molar-refractivity contribution in [2.75, 3.05) is 0 Å². The fourth-order valence-electron chi connectivity index (χ4n) is 4.00. The molecule has 0 aliphatic heterocycles. The molecule has 0 aromatic rings. The first kappa shape index (κ1) is 13.4. The van der Waals surface area contributed by atoms with E-state index in [0.29, 0.717) is 0 Å². The zero-order valence-corrected chi connectivity index (χ0v) is 11.8. The molecule has 0 radical (unpaired) electrons. The van der Waals surface area contributed by atoms with Gasteiger partial charge in [-0.2, -0.15) is 0 Å². The molecule has 0 unspecified atom stereocenters. The molecular weight excluding hydrogens is 175 g/mol. The van der Waals surface area contributed by atoms with Gasteiger partial charge in [0.15, 0.2) is 0 Å². The van der Waals surface area contributed by atoms with Crippen LogP contribution in [0.25, 0.3) is 0 Å². The van der Waals surface area contributed by atoms with Gasteiger partial charge in [0.25, 0.3) is 0 Å². The van der Waals surface area contributed by atoms with E-state index in [1.807, 2.05) is 0 Å². The van der Waals surface area contributed by atoms with Gasteiger partial charge in [-0.3, -0.25) is 0 Å². The maximum absolute atomic E-state index is 2.44. The monoisotopic (exact) mass is 204 g/mol. The second kappa shape index (κ2) is 4.78. The summed E-state index contributed by atoms with van der Waals surface area (Å²) < 4.78 is 0. The third kappa shape index (κ3) is 2.27. The first-order valence-corrected chi connectivity index (χ1v) is 8.08. The van der Waals surface area contributed by atoms with Crippen LogP contribution in [-0.2, 0) is 0 Å². The van der Waals surface area contributed by atoms with Gasteiger partial charge in [-0.05, 0) is 0 Å². The molecule has 82 valence electrons. The van der Waals surface area contributed by atoms with E-state index in [0.717, 1.165) is 22.6 Å². The summed E-state index contributed by atoms with van der Waals surface area (Å²) in [5, 5.41) is 0. The van der Waals surface area contributed by atoms with Gasteiger partial charge in [-0.15, -0.1) is 0 Å². The van der Waals surface area contributed by atoms with Crippen molar-refractivity contribution in [3.05, 3.63) is 0 Å². The molecular formula is C12H29P. The summed E-state index contributed by atoms with van der Waals surface area (Å²) >= 11 is 0. The predicted octanol–water partition coefficient (Wildman–Crippen LogP) is 4.37. The third-order valence-electron chi connectivity index (χ3n) is 4.00. The maximum atomic E-state index is 2.44. The summed E-state index contributed by atoms with van der Waals surface area (Å²) in [5.74, 6) is 0. The Morgan fingerprint density at radius 1 is 0.462 bits per heavy atom. The van der Waals surface area contributed by atoms with Crippen LogP contribution in [0, 0.1) is 0 Å². The molecule has 1 heteroatoms. The van der Waals surface area contributed by atoms with Crippen molar-refractivity contribution < 1.29 is 0 Å². The quantitative estimate of drug-likeness (QED) is 0.596. The number of hydrogen-bond acceptors (Lipinski definition) is 0. The summed E-state index contributed by atoms with van der Waals surface area (Å²) in [6.45, 7) is 19.5. The van der Waals surface area contributed by atoms with E-state index in [1.165, 1.54) is 0 Å². The van der Waals surface area contributed by atoms with Gasteiger partial charge in [0, 0.05) is 0 Å². The van der Waals surface area contributed by atoms with Crippen LogP contribution in [0.15, 0.2) is 0 Å². The number of rotatable bonds is 4. The molecule has 0 amide bonds. The Morgan fingerprint density at radius 2 is 0.615 bits per heavy atom. The van der Waals surface area contributed by atoms with Crippen molar-refractivity contribution >= 4 is 7.26 Å². The summed E-state index contributed by atoms with van der Waals surface area (Å²) in [4.78, 5) is 0. The fraction of sp³-hybridized carbons (Fsp3) is 1.00. The second-order valence-corrected chi connectivity index (χ2v) is 12.2. The van der Waals surface area contributed by atoms with Gasteiger partial charge in [0.1, 0.15) is 0 Å². The van der Waals surface area contributed by atoms with Crippen LogP contribution in [0.3, 0.4) is 0 Å². The molecule has 0 rings (SSSR count). The van der Waals surface area contributed by atoms with Gasteiger partial charge in [0.2, 0.25) is 0 Å². The van der Waals surface area contributed by atoms with Gasteiger partial charge in [-0.25, -0.2) is 0 Å². The Labute approximate surface area is 85.8 Å².